The van der Waals surface area contributed by atoms with Crippen LogP contribution in [-0.2, 0) is 12.8 Å². The van der Waals surface area contributed by atoms with Crippen LogP contribution in [0, 0.1) is 5.92 Å². The van der Waals surface area contributed by atoms with Crippen molar-refractivity contribution in [1.82, 2.24) is 14.6 Å². The van der Waals surface area contributed by atoms with Crippen molar-refractivity contribution >= 4 is 17.2 Å². The number of hydrogen-bond donors (Lipinski definition) is 0. The van der Waals surface area contributed by atoms with Crippen molar-refractivity contribution in [2.75, 3.05) is 21.3 Å². The third-order valence-electron chi connectivity index (χ3n) is 6.37. The van der Waals surface area contributed by atoms with Crippen molar-refractivity contribution in [3.05, 3.63) is 58.9 Å². The Hall–Kier alpha value is -3.25. The second-order valence-corrected chi connectivity index (χ2v) is 8.88. The van der Waals surface area contributed by atoms with Crippen LogP contribution in [0.3, 0.4) is 0 Å². The van der Waals surface area contributed by atoms with Crippen LogP contribution in [0.25, 0.3) is 28.0 Å². The Morgan fingerprint density at radius 1 is 0.970 bits per heavy atom. The normalized spacial score (nSPS) is 15.4. The predicted molar refractivity (Wildman–Crippen MR) is 130 cm³/mol. The minimum atomic E-state index is 0.568. The number of aromatic nitrogens is 3. The Labute approximate surface area is 198 Å². The maximum absolute atomic E-state index is 6.12. The largest absolute Gasteiger partial charge is 0.493 e. The molecular weight excluding hydrogens is 438 g/mol. The quantitative estimate of drug-likeness (QED) is 0.370. The minimum absolute atomic E-state index is 0.568. The van der Waals surface area contributed by atoms with Gasteiger partial charge in [-0.15, -0.1) is 0 Å². The molecule has 0 saturated carbocycles. The lowest BCUT2D eigenvalue weighted by molar-refractivity contribution is 0.324. The molecule has 2 heterocycles. The van der Waals surface area contributed by atoms with E-state index < -0.39 is 0 Å². The molecular formula is C26H26ClN3O3. The molecule has 0 spiro atoms. The van der Waals surface area contributed by atoms with E-state index in [-0.39, 0.29) is 0 Å². The minimum Gasteiger partial charge on any atom is -0.493 e. The molecule has 0 aliphatic heterocycles. The third-order valence-corrected chi connectivity index (χ3v) is 6.62. The smallest absolute Gasteiger partial charge is 0.203 e. The van der Waals surface area contributed by atoms with E-state index in [1.165, 1.54) is 11.3 Å². The molecule has 1 aliphatic carbocycles. The van der Waals surface area contributed by atoms with Gasteiger partial charge in [0.05, 0.1) is 33.2 Å². The number of aryl methyl sites for hydroxylation is 1. The van der Waals surface area contributed by atoms with Crippen LogP contribution in [0.1, 0.15) is 24.6 Å². The molecule has 0 unspecified atom stereocenters. The van der Waals surface area contributed by atoms with Crippen molar-refractivity contribution in [2.45, 2.75) is 26.2 Å². The Morgan fingerprint density at radius 3 is 2.30 bits per heavy atom. The molecule has 1 aliphatic rings. The molecule has 33 heavy (non-hydrogen) atoms. The lowest BCUT2D eigenvalue weighted by Crippen LogP contribution is -2.18. The van der Waals surface area contributed by atoms with Crippen molar-refractivity contribution < 1.29 is 14.2 Å². The van der Waals surface area contributed by atoms with Gasteiger partial charge in [-0.25, -0.2) is 9.50 Å². The van der Waals surface area contributed by atoms with Gasteiger partial charge >= 0.3 is 0 Å². The summed E-state index contributed by atoms with van der Waals surface area (Å²) in [7, 11) is 4.87. The van der Waals surface area contributed by atoms with Gasteiger partial charge in [-0.2, -0.15) is 5.10 Å². The van der Waals surface area contributed by atoms with E-state index in [9.17, 15) is 0 Å². The van der Waals surface area contributed by atoms with Crippen LogP contribution in [-0.4, -0.2) is 35.9 Å². The Morgan fingerprint density at radius 2 is 1.67 bits per heavy atom. The van der Waals surface area contributed by atoms with Crippen LogP contribution < -0.4 is 14.2 Å². The van der Waals surface area contributed by atoms with Gasteiger partial charge in [0.15, 0.2) is 17.1 Å². The molecule has 0 fully saturated rings. The summed E-state index contributed by atoms with van der Waals surface area (Å²) in [5.74, 6) is 2.36. The third kappa shape index (κ3) is 3.68. The van der Waals surface area contributed by atoms with Crippen LogP contribution in [0.4, 0.5) is 0 Å². The number of hydrogen-bond acceptors (Lipinski definition) is 5. The fourth-order valence-corrected chi connectivity index (χ4v) is 4.81. The van der Waals surface area contributed by atoms with Crippen LogP contribution in [0.2, 0.25) is 5.02 Å². The topological polar surface area (TPSA) is 57.9 Å². The Bertz CT molecular complexity index is 1310. The molecule has 1 atom stereocenters. The van der Waals surface area contributed by atoms with Gasteiger partial charge in [0.25, 0.3) is 0 Å². The van der Waals surface area contributed by atoms with Gasteiger partial charge < -0.3 is 14.2 Å². The van der Waals surface area contributed by atoms with Gasteiger partial charge in [0.2, 0.25) is 5.75 Å². The average Bonchev–Trinajstić information content (AvgIpc) is 3.26. The number of fused-ring (bicyclic) bond motifs is 3. The highest BCUT2D eigenvalue weighted by Crippen LogP contribution is 2.43. The Balaban J connectivity index is 1.79. The Kier molecular flexibility index (Phi) is 5.62. The second-order valence-electron chi connectivity index (χ2n) is 8.45. The number of nitrogens with zero attached hydrogens (tertiary/aromatic N) is 3. The highest BCUT2D eigenvalue weighted by Gasteiger charge is 2.26. The zero-order chi connectivity index (χ0) is 23.1. The summed E-state index contributed by atoms with van der Waals surface area (Å²) < 4.78 is 18.8. The van der Waals surface area contributed by atoms with Crippen LogP contribution in [0.15, 0.2) is 42.6 Å². The molecule has 5 rings (SSSR count). The van der Waals surface area contributed by atoms with E-state index in [1.807, 2.05) is 47.1 Å². The summed E-state index contributed by atoms with van der Waals surface area (Å²) in [6.45, 7) is 2.29. The molecule has 170 valence electrons. The fraction of sp³-hybridized carbons (Fsp3) is 0.308. The summed E-state index contributed by atoms with van der Waals surface area (Å²) in [4.78, 5) is 5.17. The zero-order valence-electron chi connectivity index (χ0n) is 19.2. The standard InChI is InChI=1S/C26H26ClN3O3/c1-15-5-10-21-19(11-15)24(17-12-22(31-2)25(33-4)23(13-17)32-3)29-26-20(14-28-30(21)26)16-6-8-18(27)9-7-16/h6-9,12-15H,5,10-11H2,1-4H3/t15-/m1/s1. The molecule has 0 saturated heterocycles. The molecule has 7 heteroatoms. The first-order valence-corrected chi connectivity index (χ1v) is 11.4. The fourth-order valence-electron chi connectivity index (χ4n) is 4.68. The average molecular weight is 464 g/mol. The van der Waals surface area contributed by atoms with Gasteiger partial charge in [-0.3, -0.25) is 0 Å². The molecule has 0 N–H and O–H groups in total. The summed E-state index contributed by atoms with van der Waals surface area (Å²) >= 11 is 6.12. The van der Waals surface area contributed by atoms with Gasteiger partial charge in [-0.1, -0.05) is 30.7 Å². The zero-order valence-corrected chi connectivity index (χ0v) is 19.9. The number of halogens is 1. The van der Waals surface area contributed by atoms with E-state index in [2.05, 4.69) is 6.92 Å². The number of rotatable bonds is 5. The van der Waals surface area contributed by atoms with Gasteiger partial charge in [-0.05, 0) is 55.0 Å². The highest BCUT2D eigenvalue weighted by molar-refractivity contribution is 6.30. The molecule has 6 nitrogen and oxygen atoms in total. The van der Waals surface area contributed by atoms with Crippen molar-refractivity contribution in [2.24, 2.45) is 5.92 Å². The highest BCUT2D eigenvalue weighted by atomic mass is 35.5. The lowest BCUT2D eigenvalue weighted by Gasteiger charge is -2.25. The molecule has 2 aromatic carbocycles. The van der Waals surface area contributed by atoms with E-state index in [0.29, 0.717) is 28.2 Å². The maximum Gasteiger partial charge on any atom is 0.203 e. The monoisotopic (exact) mass is 463 g/mol. The predicted octanol–water partition coefficient (Wildman–Crippen LogP) is 5.87. The maximum atomic E-state index is 6.12. The molecule has 0 amide bonds. The first-order chi connectivity index (χ1) is 16.0. The summed E-state index contributed by atoms with van der Waals surface area (Å²) in [6, 6.07) is 11.7. The van der Waals surface area contributed by atoms with Gasteiger partial charge in [0, 0.05) is 27.4 Å². The van der Waals surface area contributed by atoms with Crippen molar-refractivity contribution in [3.8, 4) is 39.6 Å². The van der Waals surface area contributed by atoms with E-state index in [4.69, 9.17) is 35.9 Å². The molecule has 0 bridgehead atoms. The first-order valence-electron chi connectivity index (χ1n) is 11.0. The summed E-state index contributed by atoms with van der Waals surface area (Å²) in [5, 5.41) is 5.44. The number of methoxy groups -OCH3 is 3. The first kappa shape index (κ1) is 21.6. The lowest BCUT2D eigenvalue weighted by atomic mass is 9.85. The number of benzene rings is 2. The SMILES string of the molecule is COc1cc(-c2nc3c(-c4ccc(Cl)cc4)cnn3c3c2C[C@H](C)CC3)cc(OC)c1OC. The second kappa shape index (κ2) is 8.60. The van der Waals surface area contributed by atoms with E-state index in [1.54, 1.807) is 21.3 Å². The molecule has 2 aromatic heterocycles. The summed E-state index contributed by atoms with van der Waals surface area (Å²) in [6.07, 6.45) is 4.91. The van der Waals surface area contributed by atoms with Crippen LogP contribution in [0.5, 0.6) is 17.2 Å². The number of ether oxygens (including phenoxy) is 3. The van der Waals surface area contributed by atoms with Crippen molar-refractivity contribution in [3.63, 3.8) is 0 Å². The molecule has 0 radical (unpaired) electrons. The van der Waals surface area contributed by atoms with E-state index >= 15 is 0 Å². The van der Waals surface area contributed by atoms with E-state index in [0.717, 1.165) is 47.3 Å². The molecule has 4 aromatic rings. The van der Waals surface area contributed by atoms with Crippen molar-refractivity contribution in [1.29, 1.82) is 0 Å². The van der Waals surface area contributed by atoms with Crippen LogP contribution >= 0.6 is 11.6 Å². The van der Waals surface area contributed by atoms with Gasteiger partial charge in [0.1, 0.15) is 0 Å². The summed E-state index contributed by atoms with van der Waals surface area (Å²) in [5.41, 5.74) is 7.13.